The van der Waals surface area contributed by atoms with Gasteiger partial charge in [0.25, 0.3) is 0 Å². The third-order valence-electron chi connectivity index (χ3n) is 3.56. The van der Waals surface area contributed by atoms with Crippen molar-refractivity contribution < 1.29 is 9.13 Å². The molecule has 2 rings (SSSR count). The van der Waals surface area contributed by atoms with E-state index in [-0.39, 0.29) is 35.9 Å². The van der Waals surface area contributed by atoms with Gasteiger partial charge in [-0.1, -0.05) is 24.3 Å². The van der Waals surface area contributed by atoms with E-state index in [1.807, 2.05) is 39.0 Å². The van der Waals surface area contributed by atoms with E-state index < -0.39 is 0 Å². The molecule has 0 saturated carbocycles. The van der Waals surface area contributed by atoms with Gasteiger partial charge < -0.3 is 15.4 Å². The molecule has 7 heteroatoms. The molecule has 2 aromatic rings. The van der Waals surface area contributed by atoms with Gasteiger partial charge in [0.2, 0.25) is 5.88 Å². The number of aromatic nitrogens is 1. The second-order valence-electron chi connectivity index (χ2n) is 6.13. The van der Waals surface area contributed by atoms with Crippen LogP contribution in [0.15, 0.2) is 47.6 Å². The highest BCUT2D eigenvalue weighted by atomic mass is 127. The minimum atomic E-state index is -0.175. The summed E-state index contributed by atoms with van der Waals surface area (Å²) in [5.74, 6) is 1.14. The SMILES string of the molecule is CCNC(=NCc1ccc(OC(C)C)nc1)NCCc1ccccc1F.I. The summed E-state index contributed by atoms with van der Waals surface area (Å²) in [6, 6.07) is 10.6. The molecule has 0 aliphatic carbocycles. The van der Waals surface area contributed by atoms with Gasteiger partial charge in [0.15, 0.2) is 5.96 Å². The fourth-order valence-electron chi connectivity index (χ4n) is 2.34. The number of benzene rings is 1. The number of hydrogen-bond donors (Lipinski definition) is 2. The summed E-state index contributed by atoms with van der Waals surface area (Å²) >= 11 is 0. The second kappa shape index (κ2) is 12.5. The molecule has 0 saturated heterocycles. The van der Waals surface area contributed by atoms with E-state index in [0.717, 1.165) is 12.1 Å². The quantitative estimate of drug-likeness (QED) is 0.338. The average Bonchev–Trinajstić information content (AvgIpc) is 2.62. The number of nitrogens with zero attached hydrogens (tertiary/aromatic N) is 2. The minimum Gasteiger partial charge on any atom is -0.475 e. The first kappa shape index (κ1) is 23.1. The molecular weight excluding hydrogens is 458 g/mol. The Kier molecular flexibility index (Phi) is 10.7. The van der Waals surface area contributed by atoms with Gasteiger partial charge in [-0.15, -0.1) is 24.0 Å². The van der Waals surface area contributed by atoms with Crippen LogP contribution in [0.3, 0.4) is 0 Å². The van der Waals surface area contributed by atoms with Crippen molar-refractivity contribution >= 4 is 29.9 Å². The van der Waals surface area contributed by atoms with Crippen molar-refractivity contribution in [2.45, 2.75) is 39.8 Å². The van der Waals surface area contributed by atoms with E-state index in [2.05, 4.69) is 20.6 Å². The average molecular weight is 486 g/mol. The molecular formula is C20H28FIN4O. The molecule has 0 fully saturated rings. The van der Waals surface area contributed by atoms with Crippen molar-refractivity contribution in [2.75, 3.05) is 13.1 Å². The van der Waals surface area contributed by atoms with Crippen LogP contribution in [0, 0.1) is 5.82 Å². The topological polar surface area (TPSA) is 58.5 Å². The summed E-state index contributed by atoms with van der Waals surface area (Å²) in [4.78, 5) is 8.83. The molecule has 2 N–H and O–H groups in total. The maximum atomic E-state index is 13.7. The molecule has 0 atom stereocenters. The lowest BCUT2D eigenvalue weighted by molar-refractivity contribution is 0.232. The molecule has 5 nitrogen and oxygen atoms in total. The van der Waals surface area contributed by atoms with Gasteiger partial charge in [0.05, 0.1) is 12.6 Å². The number of ether oxygens (including phenoxy) is 1. The largest absolute Gasteiger partial charge is 0.475 e. The van der Waals surface area contributed by atoms with Crippen molar-refractivity contribution in [2.24, 2.45) is 4.99 Å². The lowest BCUT2D eigenvalue weighted by atomic mass is 10.1. The molecule has 0 aliphatic heterocycles. The number of pyridine rings is 1. The number of rotatable bonds is 8. The third-order valence-corrected chi connectivity index (χ3v) is 3.56. The van der Waals surface area contributed by atoms with Gasteiger partial charge in [-0.05, 0) is 44.4 Å². The number of nitrogens with one attached hydrogen (secondary N) is 2. The predicted molar refractivity (Wildman–Crippen MR) is 118 cm³/mol. The van der Waals surface area contributed by atoms with E-state index in [1.165, 1.54) is 6.07 Å². The second-order valence-corrected chi connectivity index (χ2v) is 6.13. The molecule has 0 bridgehead atoms. The van der Waals surface area contributed by atoms with Crippen molar-refractivity contribution in [1.82, 2.24) is 15.6 Å². The predicted octanol–water partition coefficient (Wildman–Crippen LogP) is 3.92. The normalized spacial score (nSPS) is 11.1. The molecule has 27 heavy (non-hydrogen) atoms. The van der Waals surface area contributed by atoms with E-state index in [1.54, 1.807) is 18.3 Å². The van der Waals surface area contributed by atoms with Crippen LogP contribution in [0.25, 0.3) is 0 Å². The van der Waals surface area contributed by atoms with Crippen LogP contribution >= 0.6 is 24.0 Å². The monoisotopic (exact) mass is 486 g/mol. The Morgan fingerprint density at radius 3 is 2.59 bits per heavy atom. The summed E-state index contributed by atoms with van der Waals surface area (Å²) in [5.41, 5.74) is 1.69. The first-order chi connectivity index (χ1) is 12.6. The zero-order chi connectivity index (χ0) is 18.8. The molecule has 1 heterocycles. The summed E-state index contributed by atoms with van der Waals surface area (Å²) < 4.78 is 19.2. The summed E-state index contributed by atoms with van der Waals surface area (Å²) in [6.07, 6.45) is 2.47. The van der Waals surface area contributed by atoms with Crippen LogP contribution in [0.5, 0.6) is 5.88 Å². The maximum absolute atomic E-state index is 13.7. The summed E-state index contributed by atoms with van der Waals surface area (Å²) in [5, 5.41) is 6.42. The fourth-order valence-corrected chi connectivity index (χ4v) is 2.34. The van der Waals surface area contributed by atoms with E-state index in [4.69, 9.17) is 4.74 Å². The lowest BCUT2D eigenvalue weighted by Crippen LogP contribution is -2.38. The van der Waals surface area contributed by atoms with E-state index in [9.17, 15) is 4.39 Å². The molecule has 0 amide bonds. The highest BCUT2D eigenvalue weighted by molar-refractivity contribution is 14.0. The van der Waals surface area contributed by atoms with E-state index >= 15 is 0 Å². The van der Waals surface area contributed by atoms with Gasteiger partial charge in [-0.2, -0.15) is 0 Å². The van der Waals surface area contributed by atoms with Crippen LogP contribution in [0.1, 0.15) is 31.9 Å². The molecule has 0 spiro atoms. The molecule has 0 aliphatic rings. The highest BCUT2D eigenvalue weighted by Gasteiger charge is 2.03. The van der Waals surface area contributed by atoms with Gasteiger partial charge in [0.1, 0.15) is 5.82 Å². The van der Waals surface area contributed by atoms with Gasteiger partial charge in [-0.3, -0.25) is 0 Å². The van der Waals surface area contributed by atoms with Gasteiger partial charge in [0, 0.05) is 25.4 Å². The Morgan fingerprint density at radius 2 is 1.96 bits per heavy atom. The van der Waals surface area contributed by atoms with Crippen molar-refractivity contribution in [3.8, 4) is 5.88 Å². The summed E-state index contributed by atoms with van der Waals surface area (Å²) in [7, 11) is 0. The van der Waals surface area contributed by atoms with Crippen molar-refractivity contribution in [3.63, 3.8) is 0 Å². The Hall–Kier alpha value is -1.90. The van der Waals surface area contributed by atoms with Crippen LogP contribution in [-0.2, 0) is 13.0 Å². The maximum Gasteiger partial charge on any atom is 0.213 e. The minimum absolute atomic E-state index is 0. The molecule has 0 radical (unpaired) electrons. The Labute approximate surface area is 177 Å². The number of aliphatic imine (C=N–C) groups is 1. The first-order valence-corrected chi connectivity index (χ1v) is 8.95. The molecule has 148 valence electrons. The third kappa shape index (κ3) is 8.55. The van der Waals surface area contributed by atoms with Gasteiger partial charge >= 0.3 is 0 Å². The molecule has 0 unspecified atom stereocenters. The first-order valence-electron chi connectivity index (χ1n) is 8.95. The standard InChI is InChI=1S/C20H27FN4O.HI/c1-4-22-20(23-12-11-17-7-5-6-8-18(17)21)25-14-16-9-10-19(24-13-16)26-15(2)3;/h5-10,13,15H,4,11-12,14H2,1-3H3,(H2,22,23,25);1H. The summed E-state index contributed by atoms with van der Waals surface area (Å²) in [6.45, 7) is 7.81. The van der Waals surface area contributed by atoms with Crippen LogP contribution in [-0.4, -0.2) is 30.1 Å². The van der Waals surface area contributed by atoms with Crippen LogP contribution in [0.4, 0.5) is 4.39 Å². The number of guanidine groups is 1. The molecule has 1 aromatic heterocycles. The molecule has 1 aromatic carbocycles. The number of halogens is 2. The zero-order valence-electron chi connectivity index (χ0n) is 16.0. The van der Waals surface area contributed by atoms with Crippen molar-refractivity contribution in [3.05, 3.63) is 59.5 Å². The van der Waals surface area contributed by atoms with E-state index in [0.29, 0.717) is 36.9 Å². The Balaban J connectivity index is 0.00000364. The fraction of sp³-hybridized carbons (Fsp3) is 0.400. The zero-order valence-corrected chi connectivity index (χ0v) is 18.4. The van der Waals surface area contributed by atoms with Crippen LogP contribution < -0.4 is 15.4 Å². The van der Waals surface area contributed by atoms with Gasteiger partial charge in [-0.25, -0.2) is 14.4 Å². The Morgan fingerprint density at radius 1 is 1.19 bits per heavy atom. The lowest BCUT2D eigenvalue weighted by Gasteiger charge is -2.12. The van der Waals surface area contributed by atoms with Crippen molar-refractivity contribution in [1.29, 1.82) is 0 Å². The highest BCUT2D eigenvalue weighted by Crippen LogP contribution is 2.10. The van der Waals surface area contributed by atoms with Crippen LogP contribution in [0.2, 0.25) is 0 Å². The Bertz CT molecular complexity index is 707. The number of hydrogen-bond acceptors (Lipinski definition) is 3. The smallest absolute Gasteiger partial charge is 0.213 e.